The number of nitrogens with zero attached hydrogens (tertiary/aromatic N) is 4. The Labute approximate surface area is 110 Å². The summed E-state index contributed by atoms with van der Waals surface area (Å²) in [7, 11) is 2.01. The summed E-state index contributed by atoms with van der Waals surface area (Å²) < 4.78 is 1.97. The van der Waals surface area contributed by atoms with Crippen molar-refractivity contribution in [3.8, 4) is 0 Å². The summed E-state index contributed by atoms with van der Waals surface area (Å²) in [6.45, 7) is 2.82. The van der Waals surface area contributed by atoms with E-state index in [1.807, 2.05) is 30.1 Å². The van der Waals surface area contributed by atoms with Crippen molar-refractivity contribution in [1.82, 2.24) is 24.9 Å². The second-order valence-electron chi connectivity index (χ2n) is 5.10. The molecular formula is C14H15N5. The molecule has 1 aliphatic heterocycles. The van der Waals surface area contributed by atoms with Crippen LogP contribution in [0.5, 0.6) is 0 Å². The lowest BCUT2D eigenvalue weighted by Crippen LogP contribution is -2.17. The number of nitrogens with one attached hydrogen (secondary N) is 1. The Hall–Kier alpha value is -2.14. The summed E-state index contributed by atoms with van der Waals surface area (Å²) in [6, 6.07) is 8.24. The third kappa shape index (κ3) is 1.66. The molecule has 3 aromatic rings. The van der Waals surface area contributed by atoms with Crippen molar-refractivity contribution in [2.45, 2.75) is 19.6 Å². The number of aryl methyl sites for hydroxylation is 1. The maximum atomic E-state index is 4.35. The molecule has 0 amide bonds. The van der Waals surface area contributed by atoms with E-state index in [0.717, 1.165) is 25.2 Å². The van der Waals surface area contributed by atoms with Crippen LogP contribution in [-0.4, -0.2) is 24.9 Å². The molecule has 2 aromatic heterocycles. The fourth-order valence-electron chi connectivity index (χ4n) is 2.82. The third-order valence-corrected chi connectivity index (χ3v) is 3.84. The van der Waals surface area contributed by atoms with E-state index in [1.165, 1.54) is 22.3 Å². The first-order chi connectivity index (χ1) is 9.31. The van der Waals surface area contributed by atoms with Crippen molar-refractivity contribution in [2.75, 3.05) is 0 Å². The molecular weight excluding hydrogens is 238 g/mol. The molecule has 3 heterocycles. The van der Waals surface area contributed by atoms with E-state index in [-0.39, 0.29) is 0 Å². The van der Waals surface area contributed by atoms with Crippen molar-refractivity contribution < 1.29 is 0 Å². The van der Waals surface area contributed by atoms with Crippen molar-refractivity contribution in [3.05, 3.63) is 47.4 Å². The molecule has 0 saturated heterocycles. The number of aromatic nitrogens is 4. The number of rotatable bonds is 2. The van der Waals surface area contributed by atoms with E-state index in [2.05, 4.69) is 32.3 Å². The number of benzene rings is 1. The molecule has 0 atom stereocenters. The zero-order chi connectivity index (χ0) is 12.8. The molecule has 5 heteroatoms. The Balaban J connectivity index is 1.60. The molecule has 0 spiro atoms. The van der Waals surface area contributed by atoms with E-state index in [9.17, 15) is 0 Å². The lowest BCUT2D eigenvalue weighted by Gasteiger charge is -2.14. The van der Waals surface area contributed by atoms with Crippen molar-refractivity contribution in [3.63, 3.8) is 0 Å². The Morgan fingerprint density at radius 2 is 2.16 bits per heavy atom. The smallest absolute Gasteiger partial charge is 0.0924 e. The quantitative estimate of drug-likeness (QED) is 0.757. The summed E-state index contributed by atoms with van der Waals surface area (Å²) >= 11 is 0. The third-order valence-electron chi connectivity index (χ3n) is 3.84. The first-order valence-electron chi connectivity index (χ1n) is 6.45. The van der Waals surface area contributed by atoms with E-state index in [0.29, 0.717) is 0 Å². The summed E-state index contributed by atoms with van der Waals surface area (Å²) in [5.41, 5.74) is 4.89. The molecule has 0 aliphatic carbocycles. The highest BCUT2D eigenvalue weighted by Crippen LogP contribution is 2.25. The summed E-state index contributed by atoms with van der Waals surface area (Å²) in [5, 5.41) is 13.0. The SMILES string of the molecule is Cn1ncc2c1CN(Cc1[nH]nc3ccccc13)C2. The second kappa shape index (κ2) is 3.93. The van der Waals surface area contributed by atoms with Gasteiger partial charge in [0.25, 0.3) is 0 Å². The molecule has 1 aromatic carbocycles. The van der Waals surface area contributed by atoms with E-state index in [4.69, 9.17) is 0 Å². The van der Waals surface area contributed by atoms with Gasteiger partial charge in [0.15, 0.2) is 0 Å². The molecule has 0 bridgehead atoms. The predicted molar refractivity (Wildman–Crippen MR) is 72.3 cm³/mol. The van der Waals surface area contributed by atoms with Gasteiger partial charge in [-0.25, -0.2) is 0 Å². The zero-order valence-corrected chi connectivity index (χ0v) is 10.8. The number of hydrogen-bond acceptors (Lipinski definition) is 3. The van der Waals surface area contributed by atoms with Crippen LogP contribution in [-0.2, 0) is 26.7 Å². The molecule has 0 radical (unpaired) electrons. The summed E-state index contributed by atoms with van der Waals surface area (Å²) in [6.07, 6.45) is 1.97. The predicted octanol–water partition coefficient (Wildman–Crippen LogP) is 1.81. The standard InChI is InChI=1S/C14H15N5/c1-18-14-9-19(7-10(14)6-15-18)8-13-11-4-2-3-5-12(11)16-17-13/h2-6H,7-9H2,1H3,(H,16,17). The van der Waals surface area contributed by atoms with Crippen LogP contribution in [0.25, 0.3) is 10.9 Å². The fourth-order valence-corrected chi connectivity index (χ4v) is 2.82. The molecule has 0 unspecified atom stereocenters. The first-order valence-corrected chi connectivity index (χ1v) is 6.45. The van der Waals surface area contributed by atoms with Crippen molar-refractivity contribution in [2.24, 2.45) is 7.05 Å². The van der Waals surface area contributed by atoms with Gasteiger partial charge in [-0.15, -0.1) is 0 Å². The van der Waals surface area contributed by atoms with Crippen LogP contribution >= 0.6 is 0 Å². The van der Waals surface area contributed by atoms with Gasteiger partial charge >= 0.3 is 0 Å². The highest BCUT2D eigenvalue weighted by molar-refractivity contribution is 5.81. The van der Waals surface area contributed by atoms with Crippen molar-refractivity contribution in [1.29, 1.82) is 0 Å². The number of aromatic amines is 1. The van der Waals surface area contributed by atoms with E-state index in [1.54, 1.807) is 0 Å². The van der Waals surface area contributed by atoms with Crippen LogP contribution in [0, 0.1) is 0 Å². The van der Waals surface area contributed by atoms with Gasteiger partial charge in [-0.1, -0.05) is 18.2 Å². The number of hydrogen-bond donors (Lipinski definition) is 1. The minimum atomic E-state index is 0.898. The number of fused-ring (bicyclic) bond motifs is 2. The van der Waals surface area contributed by atoms with Crippen LogP contribution in [0.15, 0.2) is 30.5 Å². The van der Waals surface area contributed by atoms with Gasteiger partial charge in [-0.05, 0) is 6.07 Å². The Kier molecular flexibility index (Phi) is 2.22. The van der Waals surface area contributed by atoms with Gasteiger partial charge in [0.1, 0.15) is 0 Å². The van der Waals surface area contributed by atoms with Gasteiger partial charge in [0, 0.05) is 37.6 Å². The number of para-hydroxylation sites is 1. The van der Waals surface area contributed by atoms with Gasteiger partial charge in [0.05, 0.1) is 23.1 Å². The number of H-pyrrole nitrogens is 1. The highest BCUT2D eigenvalue weighted by Gasteiger charge is 2.23. The van der Waals surface area contributed by atoms with Crippen LogP contribution in [0.2, 0.25) is 0 Å². The molecule has 1 N–H and O–H groups in total. The molecule has 1 aliphatic rings. The Bertz CT molecular complexity index is 739. The monoisotopic (exact) mass is 253 g/mol. The Morgan fingerprint density at radius 1 is 1.26 bits per heavy atom. The van der Waals surface area contributed by atoms with Crippen LogP contribution in [0.4, 0.5) is 0 Å². The van der Waals surface area contributed by atoms with Crippen molar-refractivity contribution >= 4 is 10.9 Å². The van der Waals surface area contributed by atoms with Gasteiger partial charge in [-0.3, -0.25) is 14.7 Å². The molecule has 4 rings (SSSR count). The van der Waals surface area contributed by atoms with Crippen LogP contribution in [0.3, 0.4) is 0 Å². The second-order valence-corrected chi connectivity index (χ2v) is 5.10. The van der Waals surface area contributed by atoms with Crippen LogP contribution < -0.4 is 0 Å². The minimum Gasteiger partial charge on any atom is -0.287 e. The molecule has 5 nitrogen and oxygen atoms in total. The normalized spacial score (nSPS) is 15.2. The van der Waals surface area contributed by atoms with E-state index < -0.39 is 0 Å². The zero-order valence-electron chi connectivity index (χ0n) is 10.8. The van der Waals surface area contributed by atoms with E-state index >= 15 is 0 Å². The first kappa shape index (κ1) is 10.8. The molecule has 96 valence electrons. The van der Waals surface area contributed by atoms with Gasteiger partial charge in [-0.2, -0.15) is 10.2 Å². The average molecular weight is 253 g/mol. The maximum absolute atomic E-state index is 4.35. The highest BCUT2D eigenvalue weighted by atomic mass is 15.3. The van der Waals surface area contributed by atoms with Crippen LogP contribution in [0.1, 0.15) is 17.0 Å². The maximum Gasteiger partial charge on any atom is 0.0924 e. The summed E-state index contributed by atoms with van der Waals surface area (Å²) in [4.78, 5) is 2.41. The molecule has 0 fully saturated rings. The lowest BCUT2D eigenvalue weighted by atomic mass is 10.2. The molecule has 19 heavy (non-hydrogen) atoms. The summed E-state index contributed by atoms with van der Waals surface area (Å²) in [5.74, 6) is 0. The van der Waals surface area contributed by atoms with Gasteiger partial charge in [0.2, 0.25) is 0 Å². The fraction of sp³-hybridized carbons (Fsp3) is 0.286. The lowest BCUT2D eigenvalue weighted by molar-refractivity contribution is 0.267. The molecule has 0 saturated carbocycles. The Morgan fingerprint density at radius 3 is 3.05 bits per heavy atom. The largest absolute Gasteiger partial charge is 0.287 e. The van der Waals surface area contributed by atoms with Gasteiger partial charge < -0.3 is 0 Å². The minimum absolute atomic E-state index is 0.898. The average Bonchev–Trinajstić information content (AvgIpc) is 3.09. The topological polar surface area (TPSA) is 49.7 Å².